The van der Waals surface area contributed by atoms with Gasteiger partial charge in [0.05, 0.1) is 23.6 Å². The maximum absolute atomic E-state index is 12.5. The Morgan fingerprint density at radius 1 is 0.947 bits per heavy atom. The summed E-state index contributed by atoms with van der Waals surface area (Å²) in [4.78, 5) is 28.3. The van der Waals surface area contributed by atoms with Crippen LogP contribution in [0.3, 0.4) is 0 Å². The number of hydrogen-bond acceptors (Lipinski definition) is 5. The summed E-state index contributed by atoms with van der Waals surface area (Å²) in [6.07, 6.45) is 8.37. The number of hydrogen-bond donors (Lipinski definition) is 2. The van der Waals surface area contributed by atoms with E-state index in [9.17, 15) is 9.59 Å². The molecule has 6 nitrogen and oxygen atoms in total. The highest BCUT2D eigenvalue weighted by Crippen LogP contribution is 2.30. The van der Waals surface area contributed by atoms with E-state index in [1.165, 1.54) is 43.9 Å². The van der Waals surface area contributed by atoms with Gasteiger partial charge in [-0.25, -0.2) is 4.99 Å². The van der Waals surface area contributed by atoms with E-state index in [1.807, 2.05) is 30.3 Å². The smallest absolute Gasteiger partial charge is 0.307 e. The lowest BCUT2D eigenvalue weighted by Crippen LogP contribution is -2.19. The number of carbonyl (C=O) groups excluding carboxylic acids is 1. The van der Waals surface area contributed by atoms with E-state index in [0.717, 1.165) is 29.0 Å². The Hall–Kier alpha value is -3.84. The Labute approximate surface area is 226 Å². The van der Waals surface area contributed by atoms with Gasteiger partial charge < -0.3 is 15.2 Å². The van der Waals surface area contributed by atoms with Crippen LogP contribution in [0.4, 0.5) is 5.69 Å². The van der Waals surface area contributed by atoms with Crippen LogP contribution < -0.4 is 10.1 Å². The molecule has 2 aliphatic rings. The van der Waals surface area contributed by atoms with Gasteiger partial charge in [-0.15, -0.1) is 0 Å². The van der Waals surface area contributed by atoms with Crippen molar-refractivity contribution in [3.05, 3.63) is 88.8 Å². The first-order valence-corrected chi connectivity index (χ1v) is 13.8. The van der Waals surface area contributed by atoms with Gasteiger partial charge >= 0.3 is 5.97 Å². The van der Waals surface area contributed by atoms with Crippen molar-refractivity contribution in [2.75, 3.05) is 6.61 Å². The normalized spacial score (nSPS) is 18.1. The molecular weight excluding hydrogens is 496 g/mol. The molecule has 3 aromatic carbocycles. The van der Waals surface area contributed by atoms with Crippen LogP contribution in [-0.2, 0) is 16.0 Å². The Morgan fingerprint density at radius 2 is 1.61 bits per heavy atom. The van der Waals surface area contributed by atoms with Crippen LogP contribution in [-0.4, -0.2) is 28.8 Å². The molecule has 0 unspecified atom stereocenters. The van der Waals surface area contributed by atoms with Crippen LogP contribution in [0.25, 0.3) is 17.2 Å². The number of amidine groups is 1. The molecule has 0 aromatic heterocycles. The van der Waals surface area contributed by atoms with Crippen molar-refractivity contribution in [3.8, 4) is 16.9 Å². The second-order valence-corrected chi connectivity index (χ2v) is 10.7. The van der Waals surface area contributed by atoms with Gasteiger partial charge in [0.25, 0.3) is 5.91 Å². The molecule has 1 amide bonds. The molecule has 0 radical (unpaired) electrons. The van der Waals surface area contributed by atoms with Crippen LogP contribution in [0.2, 0.25) is 0 Å². The highest BCUT2D eigenvalue weighted by Gasteiger charge is 2.23. The van der Waals surface area contributed by atoms with Crippen molar-refractivity contribution >= 4 is 40.6 Å². The molecule has 38 heavy (non-hydrogen) atoms. The molecule has 2 fully saturated rings. The van der Waals surface area contributed by atoms with Gasteiger partial charge in [0.15, 0.2) is 5.17 Å². The van der Waals surface area contributed by atoms with Gasteiger partial charge in [0, 0.05) is 0 Å². The van der Waals surface area contributed by atoms with E-state index in [-0.39, 0.29) is 12.3 Å². The highest BCUT2D eigenvalue weighted by atomic mass is 32.2. The summed E-state index contributed by atoms with van der Waals surface area (Å²) in [5.74, 6) is 0.533. The fraction of sp³-hybridized carbons (Fsp3) is 0.258. The number of nitrogens with zero attached hydrogens (tertiary/aromatic N) is 1. The maximum atomic E-state index is 12.5. The van der Waals surface area contributed by atoms with Crippen molar-refractivity contribution in [1.29, 1.82) is 0 Å². The predicted molar refractivity (Wildman–Crippen MR) is 153 cm³/mol. The second kappa shape index (κ2) is 12.1. The molecular formula is C31H30N2O4S. The van der Waals surface area contributed by atoms with Crippen LogP contribution in [0, 0.1) is 5.92 Å². The lowest BCUT2D eigenvalue weighted by Gasteiger charge is -2.21. The van der Waals surface area contributed by atoms with Crippen molar-refractivity contribution in [2.45, 2.75) is 38.5 Å². The van der Waals surface area contributed by atoms with E-state index in [1.54, 1.807) is 24.3 Å². The summed E-state index contributed by atoms with van der Waals surface area (Å²) in [6, 6.07) is 23.3. The molecule has 0 spiro atoms. The van der Waals surface area contributed by atoms with Crippen molar-refractivity contribution in [3.63, 3.8) is 0 Å². The summed E-state index contributed by atoms with van der Waals surface area (Å²) < 4.78 is 6.03. The number of ether oxygens (including phenoxy) is 1. The molecule has 3 aromatic rings. The molecule has 2 N–H and O–H groups in total. The third-order valence-electron chi connectivity index (χ3n) is 6.78. The van der Waals surface area contributed by atoms with E-state index >= 15 is 0 Å². The summed E-state index contributed by atoms with van der Waals surface area (Å²) in [5, 5.41) is 12.2. The first-order valence-electron chi connectivity index (χ1n) is 13.0. The molecule has 1 heterocycles. The van der Waals surface area contributed by atoms with Gasteiger partial charge in [-0.2, -0.15) is 0 Å². The van der Waals surface area contributed by atoms with Gasteiger partial charge in [-0.05, 0) is 83.1 Å². The topological polar surface area (TPSA) is 88.0 Å². The zero-order valence-electron chi connectivity index (χ0n) is 21.1. The number of carbonyl (C=O) groups is 2. The van der Waals surface area contributed by atoms with Gasteiger partial charge in [0.1, 0.15) is 5.75 Å². The van der Waals surface area contributed by atoms with Gasteiger partial charge in [-0.3, -0.25) is 9.59 Å². The summed E-state index contributed by atoms with van der Waals surface area (Å²) >= 11 is 1.28. The third kappa shape index (κ3) is 6.92. The molecule has 0 atom stereocenters. The quantitative estimate of drug-likeness (QED) is 0.314. The van der Waals surface area contributed by atoms with E-state index in [0.29, 0.717) is 27.2 Å². The number of nitrogens with one attached hydrogen (secondary N) is 1. The third-order valence-corrected chi connectivity index (χ3v) is 7.69. The molecule has 1 saturated heterocycles. The molecule has 1 aliphatic heterocycles. The van der Waals surface area contributed by atoms with E-state index in [4.69, 9.17) is 9.84 Å². The lowest BCUT2D eigenvalue weighted by molar-refractivity contribution is -0.136. The predicted octanol–water partition coefficient (Wildman–Crippen LogP) is 6.83. The van der Waals surface area contributed by atoms with Gasteiger partial charge in [0.2, 0.25) is 0 Å². The first kappa shape index (κ1) is 25.8. The van der Waals surface area contributed by atoms with Crippen molar-refractivity contribution < 1.29 is 19.4 Å². The van der Waals surface area contributed by atoms with Crippen LogP contribution in [0.1, 0.15) is 43.2 Å². The summed E-state index contributed by atoms with van der Waals surface area (Å²) in [5.41, 5.74) is 4.50. The largest absolute Gasteiger partial charge is 0.493 e. The Kier molecular flexibility index (Phi) is 8.24. The Balaban J connectivity index is 1.19. The Morgan fingerprint density at radius 3 is 2.26 bits per heavy atom. The number of carboxylic acids is 1. The molecule has 5 rings (SSSR count). The fourth-order valence-corrected chi connectivity index (χ4v) is 5.54. The zero-order chi connectivity index (χ0) is 26.3. The summed E-state index contributed by atoms with van der Waals surface area (Å²) in [7, 11) is 0. The summed E-state index contributed by atoms with van der Waals surface area (Å²) in [6.45, 7) is 0.805. The number of aliphatic carboxylic acids is 1. The minimum atomic E-state index is -0.877. The van der Waals surface area contributed by atoms with Crippen LogP contribution >= 0.6 is 11.8 Å². The number of amides is 1. The lowest BCUT2D eigenvalue weighted by atomic mass is 9.90. The van der Waals surface area contributed by atoms with E-state index in [2.05, 4.69) is 34.6 Å². The molecule has 7 heteroatoms. The minimum Gasteiger partial charge on any atom is -0.493 e. The standard InChI is InChI=1S/C31H30N2O4S/c34-29(35)19-22-8-14-26(15-9-22)32-31-33-30(36)28(38-31)18-21-6-10-24(11-7-21)25-12-16-27(17-13-25)37-20-23-4-2-1-3-5-23/h6-18,23H,1-5,19-20H2,(H,34,35)(H,32,33,36). The zero-order valence-corrected chi connectivity index (χ0v) is 21.9. The molecule has 194 valence electrons. The number of rotatable bonds is 8. The highest BCUT2D eigenvalue weighted by molar-refractivity contribution is 8.18. The second-order valence-electron chi connectivity index (χ2n) is 9.68. The van der Waals surface area contributed by atoms with Crippen molar-refractivity contribution in [2.24, 2.45) is 10.9 Å². The van der Waals surface area contributed by atoms with Crippen molar-refractivity contribution in [1.82, 2.24) is 5.32 Å². The number of carboxylic acid groups (broad SMARTS) is 1. The van der Waals surface area contributed by atoms with Crippen LogP contribution in [0.5, 0.6) is 5.75 Å². The fourth-order valence-electron chi connectivity index (χ4n) is 4.70. The molecule has 1 aliphatic carbocycles. The maximum Gasteiger partial charge on any atom is 0.307 e. The minimum absolute atomic E-state index is 0.0336. The monoisotopic (exact) mass is 526 g/mol. The average Bonchev–Trinajstić information content (AvgIpc) is 3.27. The Bertz CT molecular complexity index is 1340. The average molecular weight is 527 g/mol. The van der Waals surface area contributed by atoms with Gasteiger partial charge in [-0.1, -0.05) is 67.8 Å². The first-order chi connectivity index (χ1) is 18.5. The SMILES string of the molecule is O=C(O)Cc1ccc(N=C2NC(=O)C(=Cc3ccc(-c4ccc(OCC5CCCCC5)cc4)cc3)S2)cc1. The van der Waals surface area contributed by atoms with E-state index < -0.39 is 5.97 Å². The number of aliphatic imine (C=N–C) groups is 1. The van der Waals surface area contributed by atoms with Crippen LogP contribution in [0.15, 0.2) is 82.7 Å². The molecule has 1 saturated carbocycles. The number of thioether (sulfide) groups is 1. The molecule has 0 bridgehead atoms. The number of benzene rings is 3.